The summed E-state index contributed by atoms with van der Waals surface area (Å²) < 4.78 is 52.4. The van der Waals surface area contributed by atoms with Gasteiger partial charge >= 0.3 is 0 Å². The number of carbonyl (C=O) groups excluding carboxylic acids is 3. The predicted octanol–water partition coefficient (Wildman–Crippen LogP) is 7.04. The quantitative estimate of drug-likeness (QED) is 0.101. The van der Waals surface area contributed by atoms with E-state index in [0.29, 0.717) is 30.2 Å². The van der Waals surface area contributed by atoms with Gasteiger partial charge in [-0.15, -0.1) is 11.3 Å². The number of hydrogen-bond donors (Lipinski definition) is 3. The maximum absolute atomic E-state index is 15.0. The highest BCUT2D eigenvalue weighted by Crippen LogP contribution is 2.38. The number of ether oxygens (including phenoxy) is 4. The summed E-state index contributed by atoms with van der Waals surface area (Å²) in [6, 6.07) is 14.0. The second-order valence-corrected chi connectivity index (χ2v) is 18.5. The maximum atomic E-state index is 15.0. The van der Waals surface area contributed by atoms with Gasteiger partial charge in [0.15, 0.2) is 11.6 Å². The van der Waals surface area contributed by atoms with Crippen LogP contribution in [0.3, 0.4) is 0 Å². The van der Waals surface area contributed by atoms with Crippen molar-refractivity contribution in [3.8, 4) is 22.8 Å². The van der Waals surface area contributed by atoms with Crippen LogP contribution in [-0.4, -0.2) is 92.4 Å². The highest BCUT2D eigenvalue weighted by Gasteiger charge is 2.43. The van der Waals surface area contributed by atoms with Gasteiger partial charge in [0.25, 0.3) is 0 Å². The average Bonchev–Trinajstić information content (AvgIpc) is 3.78. The zero-order chi connectivity index (χ0) is 44.7. The molecule has 4 aromatic rings. The number of amides is 3. The lowest BCUT2D eigenvalue weighted by Crippen LogP contribution is -2.62. The first-order valence-corrected chi connectivity index (χ1v) is 22.8. The number of nitrogens with zero attached hydrogens (tertiary/aromatic N) is 2. The molecule has 3 aliphatic rings. The predicted molar refractivity (Wildman–Crippen MR) is 237 cm³/mol. The van der Waals surface area contributed by atoms with Gasteiger partial charge in [-0.1, -0.05) is 51.1 Å². The van der Waals surface area contributed by atoms with Crippen molar-refractivity contribution >= 4 is 29.1 Å². The van der Waals surface area contributed by atoms with Crippen molar-refractivity contribution in [1.29, 1.82) is 0 Å². The molecule has 0 radical (unpaired) electrons. The molecule has 4 atom stereocenters. The van der Waals surface area contributed by atoms with Crippen LogP contribution in [0.25, 0.3) is 11.3 Å². The van der Waals surface area contributed by atoms with E-state index in [1.54, 1.807) is 18.9 Å². The summed E-state index contributed by atoms with van der Waals surface area (Å²) in [6.45, 7) is 9.35. The van der Waals surface area contributed by atoms with E-state index in [-0.39, 0.29) is 74.8 Å². The monoisotopic (exact) mass is 887 g/mol. The summed E-state index contributed by atoms with van der Waals surface area (Å²) in [5.74, 6) is -2.35. The summed E-state index contributed by atoms with van der Waals surface area (Å²) in [7, 11) is 1.68. The molecule has 1 aliphatic carbocycles. The minimum atomic E-state index is -1.08. The number of likely N-dealkylation sites (N-methyl/N-ethyl adjacent to an activating group) is 1. The number of hydrogen-bond acceptors (Lipinski definition) is 10. The minimum Gasteiger partial charge on any atom is -0.491 e. The van der Waals surface area contributed by atoms with Crippen molar-refractivity contribution < 1.29 is 42.1 Å². The number of fused-ring (bicyclic) bond motifs is 2. The summed E-state index contributed by atoms with van der Waals surface area (Å²) in [4.78, 5) is 48.5. The van der Waals surface area contributed by atoms with Crippen LogP contribution in [0.2, 0.25) is 0 Å². The smallest absolute Gasteiger partial charge is 0.246 e. The lowest BCUT2D eigenvalue weighted by molar-refractivity contribution is -0.147. The molecule has 0 spiro atoms. The van der Waals surface area contributed by atoms with Crippen LogP contribution >= 0.6 is 11.3 Å². The Bertz CT molecular complexity index is 2240. The maximum Gasteiger partial charge on any atom is 0.246 e. The molecule has 338 valence electrons. The fourth-order valence-corrected chi connectivity index (χ4v) is 9.43. The van der Waals surface area contributed by atoms with Crippen molar-refractivity contribution in [2.75, 3.05) is 46.7 Å². The van der Waals surface area contributed by atoms with Gasteiger partial charge in [0.2, 0.25) is 23.5 Å². The molecule has 1 fully saturated rings. The van der Waals surface area contributed by atoms with Crippen molar-refractivity contribution in [2.24, 2.45) is 5.41 Å². The van der Waals surface area contributed by atoms with Crippen molar-refractivity contribution in [1.82, 2.24) is 25.8 Å². The third kappa shape index (κ3) is 11.1. The zero-order valence-electron chi connectivity index (χ0n) is 36.8. The minimum absolute atomic E-state index is 0.0288. The molecule has 7 rings (SSSR count). The van der Waals surface area contributed by atoms with Crippen molar-refractivity contribution in [2.45, 2.75) is 103 Å². The SMILES string of the molecule is CN[C@@H](C)C(=O)N[C@H](C(=O)N1Cc2cc(OCCOCCOc3c(-c4csc(C5CCOCC5)n4)ccc(F)c3F)ccc2C[C@H]1C(=O)N[C@@H]1CCCc2ccccc21)C(C)(C)C. The van der Waals surface area contributed by atoms with Crippen LogP contribution < -0.4 is 25.4 Å². The molecule has 3 N–H and O–H groups in total. The first kappa shape index (κ1) is 46.0. The Morgan fingerprint density at radius 3 is 2.48 bits per heavy atom. The standard InChI is InChI=1S/C48H59F2N5O7S/c1-29(51-5)44(56)54-43(48(2,3)4)47(58)55-27-33-25-34(14-13-32(33)26-40(55)45(57)52-38-12-8-10-30-9-6-7-11-35(30)38)61-23-21-60-22-24-62-42-36(15-16-37(49)41(42)50)39-28-63-46(53-39)31-17-19-59-20-18-31/h6-7,9,11,13-16,25,28-29,31,38,40,43,51H,8,10,12,17-24,26-27H2,1-5H3,(H,52,57)(H,54,56)/t29-,38+,40-,43+/m0/s1. The summed E-state index contributed by atoms with van der Waals surface area (Å²) in [6.07, 6.45) is 4.74. The number of nitrogens with one attached hydrogen (secondary N) is 3. The number of benzene rings is 3. The van der Waals surface area contributed by atoms with Gasteiger partial charge in [-0.25, -0.2) is 9.37 Å². The Morgan fingerprint density at radius 1 is 0.952 bits per heavy atom. The van der Waals surface area contributed by atoms with Crippen LogP contribution in [0, 0.1) is 17.0 Å². The number of aryl methyl sites for hydroxylation is 1. The third-order valence-corrected chi connectivity index (χ3v) is 13.2. The normalized spacial score (nSPS) is 18.7. The Labute approximate surface area is 372 Å². The summed E-state index contributed by atoms with van der Waals surface area (Å²) in [5, 5.41) is 12.0. The van der Waals surface area contributed by atoms with Gasteiger partial charge in [0.05, 0.1) is 36.0 Å². The van der Waals surface area contributed by atoms with Crippen LogP contribution in [0.1, 0.15) is 92.6 Å². The van der Waals surface area contributed by atoms with Gasteiger partial charge in [0.1, 0.15) is 31.0 Å². The molecule has 12 nitrogen and oxygen atoms in total. The third-order valence-electron chi connectivity index (χ3n) is 12.2. The first-order chi connectivity index (χ1) is 30.3. The van der Waals surface area contributed by atoms with Crippen LogP contribution in [0.4, 0.5) is 8.78 Å². The molecular weight excluding hydrogens is 829 g/mol. The lowest BCUT2D eigenvalue weighted by Gasteiger charge is -2.41. The molecule has 1 saturated heterocycles. The molecule has 0 bridgehead atoms. The van der Waals surface area contributed by atoms with E-state index in [4.69, 9.17) is 23.9 Å². The Hall–Kier alpha value is -4.96. The average molecular weight is 888 g/mol. The fraction of sp³-hybridized carbons (Fsp3) is 0.500. The number of thiazole rings is 1. The van der Waals surface area contributed by atoms with E-state index in [1.165, 1.54) is 23.0 Å². The van der Waals surface area contributed by atoms with E-state index >= 15 is 4.39 Å². The van der Waals surface area contributed by atoms with E-state index in [1.807, 2.05) is 56.5 Å². The van der Waals surface area contributed by atoms with Gasteiger partial charge in [-0.2, -0.15) is 4.39 Å². The molecule has 0 unspecified atom stereocenters. The Morgan fingerprint density at radius 2 is 1.71 bits per heavy atom. The van der Waals surface area contributed by atoms with Gasteiger partial charge in [-0.05, 0) is 98.0 Å². The Balaban J connectivity index is 0.987. The topological polar surface area (TPSA) is 140 Å². The van der Waals surface area contributed by atoms with E-state index in [2.05, 4.69) is 28.1 Å². The van der Waals surface area contributed by atoms with Gasteiger partial charge in [-0.3, -0.25) is 14.4 Å². The van der Waals surface area contributed by atoms with Crippen LogP contribution in [-0.2, 0) is 43.2 Å². The summed E-state index contributed by atoms with van der Waals surface area (Å²) in [5.41, 5.74) is 4.32. The number of carbonyl (C=O) groups is 3. The van der Waals surface area contributed by atoms with Gasteiger partial charge < -0.3 is 39.8 Å². The Kier molecular flexibility index (Phi) is 15.1. The number of aromatic nitrogens is 1. The van der Waals surface area contributed by atoms with Crippen molar-refractivity contribution in [3.05, 3.63) is 98.9 Å². The highest BCUT2D eigenvalue weighted by molar-refractivity contribution is 7.10. The molecule has 1 aromatic heterocycles. The largest absolute Gasteiger partial charge is 0.491 e. The molecule has 3 aromatic carbocycles. The molecule has 15 heteroatoms. The zero-order valence-corrected chi connectivity index (χ0v) is 37.6. The van der Waals surface area contributed by atoms with E-state index < -0.39 is 35.2 Å². The van der Waals surface area contributed by atoms with Crippen LogP contribution in [0.5, 0.6) is 11.5 Å². The van der Waals surface area contributed by atoms with Crippen molar-refractivity contribution in [3.63, 3.8) is 0 Å². The molecule has 0 saturated carbocycles. The number of halogens is 2. The second kappa shape index (κ2) is 20.7. The molecular formula is C48H59F2N5O7S. The fourth-order valence-electron chi connectivity index (χ4n) is 8.44. The second-order valence-electron chi connectivity index (χ2n) is 17.6. The van der Waals surface area contributed by atoms with Gasteiger partial charge in [0, 0.05) is 43.0 Å². The summed E-state index contributed by atoms with van der Waals surface area (Å²) >= 11 is 1.50. The molecule has 3 amide bonds. The van der Waals surface area contributed by atoms with E-state index in [0.717, 1.165) is 59.9 Å². The highest BCUT2D eigenvalue weighted by atomic mass is 32.1. The van der Waals surface area contributed by atoms with E-state index in [9.17, 15) is 18.8 Å². The molecule has 63 heavy (non-hydrogen) atoms. The first-order valence-electron chi connectivity index (χ1n) is 21.9. The molecule has 2 aliphatic heterocycles. The number of rotatable bonds is 16. The van der Waals surface area contributed by atoms with Crippen LogP contribution in [0.15, 0.2) is 60.0 Å². The lowest BCUT2D eigenvalue weighted by atomic mass is 9.83. The molecule has 3 heterocycles.